The molecule has 2 aliphatic rings. The van der Waals surface area contributed by atoms with E-state index in [0.717, 1.165) is 0 Å². The van der Waals surface area contributed by atoms with Gasteiger partial charge >= 0.3 is 0 Å². The van der Waals surface area contributed by atoms with Gasteiger partial charge in [-0.2, -0.15) is 0 Å². The monoisotopic (exact) mass is 275 g/mol. The molecule has 1 heterocycles. The van der Waals surface area contributed by atoms with Gasteiger partial charge in [-0.25, -0.2) is 0 Å². The Morgan fingerprint density at radius 2 is 1.79 bits per heavy atom. The Bertz CT molecular complexity index is 370. The highest BCUT2D eigenvalue weighted by atomic mass is 16.6. The standard InChI is InChI=1S/C11H17NO7/c13-3-5-8(15)9(16)6(11(18)19-5)12-10(17)7(14)4-1-2-4/h4-6,8-9,11,13,15-16,18H,1-3H2,(H,12,17)/t5-,6+,8-,9-,11?/m1/s1. The summed E-state index contributed by atoms with van der Waals surface area (Å²) in [5, 5.41) is 40.0. The molecule has 1 saturated carbocycles. The highest BCUT2D eigenvalue weighted by Gasteiger charge is 2.45. The van der Waals surface area contributed by atoms with E-state index in [9.17, 15) is 24.9 Å². The summed E-state index contributed by atoms with van der Waals surface area (Å²) in [4.78, 5) is 23.0. The van der Waals surface area contributed by atoms with Crippen LogP contribution < -0.4 is 5.32 Å². The molecule has 5 N–H and O–H groups in total. The molecule has 1 aliphatic carbocycles. The SMILES string of the molecule is O=C(N[C@@H]1C(O)O[C@H](CO)[C@@H](O)[C@@H]1O)C(=O)C1CC1. The topological polar surface area (TPSA) is 136 Å². The normalized spacial score (nSPS) is 38.8. The van der Waals surface area contributed by atoms with Crippen molar-refractivity contribution in [2.75, 3.05) is 6.61 Å². The Hall–Kier alpha value is -1.06. The van der Waals surface area contributed by atoms with Gasteiger partial charge in [0.05, 0.1) is 6.61 Å². The van der Waals surface area contributed by atoms with Crippen molar-refractivity contribution in [2.45, 2.75) is 43.5 Å². The molecule has 2 rings (SSSR count). The minimum Gasteiger partial charge on any atom is -0.394 e. The minimum atomic E-state index is -1.61. The third kappa shape index (κ3) is 2.93. The van der Waals surface area contributed by atoms with E-state index in [1.807, 2.05) is 0 Å². The Morgan fingerprint density at radius 1 is 1.16 bits per heavy atom. The quantitative estimate of drug-likeness (QED) is 0.342. The molecule has 2 fully saturated rings. The van der Waals surface area contributed by atoms with Gasteiger partial charge in [0.25, 0.3) is 5.91 Å². The summed E-state index contributed by atoms with van der Waals surface area (Å²) >= 11 is 0. The predicted octanol–water partition coefficient (Wildman–Crippen LogP) is -3.12. The van der Waals surface area contributed by atoms with Gasteiger partial charge in [0, 0.05) is 5.92 Å². The molecule has 0 spiro atoms. The fourth-order valence-corrected chi connectivity index (χ4v) is 2.01. The maximum Gasteiger partial charge on any atom is 0.288 e. The van der Waals surface area contributed by atoms with Gasteiger partial charge in [0.1, 0.15) is 24.4 Å². The molecule has 0 aromatic carbocycles. The second kappa shape index (κ2) is 5.51. The number of carbonyl (C=O) groups is 2. The van der Waals surface area contributed by atoms with Crippen LogP contribution in [0.2, 0.25) is 0 Å². The number of ketones is 1. The number of hydrogen-bond acceptors (Lipinski definition) is 7. The summed E-state index contributed by atoms with van der Waals surface area (Å²) in [7, 11) is 0. The van der Waals surface area contributed by atoms with Crippen molar-refractivity contribution in [2.24, 2.45) is 5.92 Å². The Labute approximate surface area is 109 Å². The van der Waals surface area contributed by atoms with E-state index in [1.54, 1.807) is 0 Å². The molecule has 5 atom stereocenters. The first-order valence-electron chi connectivity index (χ1n) is 6.11. The lowest BCUT2D eigenvalue weighted by molar-refractivity contribution is -0.253. The van der Waals surface area contributed by atoms with Crippen molar-refractivity contribution in [3.63, 3.8) is 0 Å². The Kier molecular flexibility index (Phi) is 4.16. The van der Waals surface area contributed by atoms with E-state index in [4.69, 9.17) is 9.84 Å². The van der Waals surface area contributed by atoms with Crippen LogP contribution in [0.3, 0.4) is 0 Å². The molecule has 1 unspecified atom stereocenters. The van der Waals surface area contributed by atoms with Crippen molar-refractivity contribution in [3.8, 4) is 0 Å². The first-order chi connectivity index (χ1) is 8.95. The smallest absolute Gasteiger partial charge is 0.288 e. The molecule has 108 valence electrons. The lowest BCUT2D eigenvalue weighted by Crippen LogP contribution is -2.64. The second-order valence-corrected chi connectivity index (χ2v) is 4.87. The lowest BCUT2D eigenvalue weighted by atomic mass is 9.97. The van der Waals surface area contributed by atoms with Crippen LogP contribution in [-0.4, -0.2) is 69.4 Å². The van der Waals surface area contributed by atoms with Crippen LogP contribution in [0.1, 0.15) is 12.8 Å². The molecule has 1 saturated heterocycles. The fourth-order valence-electron chi connectivity index (χ4n) is 2.01. The molecule has 19 heavy (non-hydrogen) atoms. The molecular formula is C11H17NO7. The average molecular weight is 275 g/mol. The molecule has 1 amide bonds. The number of aliphatic hydroxyl groups is 4. The van der Waals surface area contributed by atoms with Crippen molar-refractivity contribution in [1.29, 1.82) is 0 Å². The van der Waals surface area contributed by atoms with E-state index >= 15 is 0 Å². The third-order valence-corrected chi connectivity index (χ3v) is 3.37. The van der Waals surface area contributed by atoms with Crippen molar-refractivity contribution >= 4 is 11.7 Å². The highest BCUT2D eigenvalue weighted by Crippen LogP contribution is 2.30. The maximum atomic E-state index is 11.6. The number of Topliss-reactive ketones (excluding diaryl/α,β-unsaturated/α-hetero) is 1. The first kappa shape index (κ1) is 14.4. The zero-order valence-corrected chi connectivity index (χ0v) is 10.1. The van der Waals surface area contributed by atoms with Gasteiger partial charge in [-0.15, -0.1) is 0 Å². The zero-order valence-electron chi connectivity index (χ0n) is 10.1. The summed E-state index contributed by atoms with van der Waals surface area (Å²) in [6, 6.07) is -1.31. The summed E-state index contributed by atoms with van der Waals surface area (Å²) in [5.41, 5.74) is 0. The molecule has 0 bridgehead atoms. The molecule has 0 radical (unpaired) electrons. The molecule has 0 aromatic rings. The zero-order chi connectivity index (χ0) is 14.2. The maximum absolute atomic E-state index is 11.6. The van der Waals surface area contributed by atoms with Crippen LogP contribution >= 0.6 is 0 Å². The van der Waals surface area contributed by atoms with Gasteiger partial charge in [-0.3, -0.25) is 9.59 Å². The summed E-state index contributed by atoms with van der Waals surface area (Å²) in [6.07, 6.45) is -4.42. The number of amides is 1. The van der Waals surface area contributed by atoms with Crippen molar-refractivity contribution in [1.82, 2.24) is 5.32 Å². The van der Waals surface area contributed by atoms with E-state index in [2.05, 4.69) is 5.32 Å². The Morgan fingerprint density at radius 3 is 2.32 bits per heavy atom. The molecular weight excluding hydrogens is 258 g/mol. The van der Waals surface area contributed by atoms with Gasteiger partial charge in [0.15, 0.2) is 6.29 Å². The van der Waals surface area contributed by atoms with E-state index < -0.39 is 48.9 Å². The number of hydrogen-bond donors (Lipinski definition) is 5. The molecule has 8 nitrogen and oxygen atoms in total. The van der Waals surface area contributed by atoms with Crippen LogP contribution in [0.5, 0.6) is 0 Å². The van der Waals surface area contributed by atoms with Crippen molar-refractivity contribution < 1.29 is 34.8 Å². The number of aliphatic hydroxyl groups excluding tert-OH is 4. The van der Waals surface area contributed by atoms with Crippen molar-refractivity contribution in [3.05, 3.63) is 0 Å². The van der Waals surface area contributed by atoms with Crippen LogP contribution in [0.25, 0.3) is 0 Å². The van der Waals surface area contributed by atoms with Gasteiger partial charge in [-0.05, 0) is 12.8 Å². The van der Waals surface area contributed by atoms with Crippen LogP contribution in [0.4, 0.5) is 0 Å². The predicted molar refractivity (Wildman–Crippen MR) is 59.6 cm³/mol. The number of ether oxygens (including phenoxy) is 1. The number of nitrogens with one attached hydrogen (secondary N) is 1. The van der Waals surface area contributed by atoms with Gasteiger partial charge in [0.2, 0.25) is 5.78 Å². The van der Waals surface area contributed by atoms with E-state index in [0.29, 0.717) is 12.8 Å². The number of carbonyl (C=O) groups excluding carboxylic acids is 2. The molecule has 1 aliphatic heterocycles. The summed E-state index contributed by atoms with van der Waals surface area (Å²) < 4.78 is 4.86. The van der Waals surface area contributed by atoms with Crippen LogP contribution in [-0.2, 0) is 14.3 Å². The highest BCUT2D eigenvalue weighted by molar-refractivity contribution is 6.37. The number of rotatable bonds is 4. The second-order valence-electron chi connectivity index (χ2n) is 4.87. The molecule has 0 aromatic heterocycles. The average Bonchev–Trinajstić information content (AvgIpc) is 3.22. The van der Waals surface area contributed by atoms with Crippen LogP contribution in [0, 0.1) is 5.92 Å². The van der Waals surface area contributed by atoms with Gasteiger partial charge < -0.3 is 30.5 Å². The lowest BCUT2D eigenvalue weighted by Gasteiger charge is -2.40. The largest absolute Gasteiger partial charge is 0.394 e. The fraction of sp³-hybridized carbons (Fsp3) is 0.818. The first-order valence-corrected chi connectivity index (χ1v) is 6.11. The minimum absolute atomic E-state index is 0.283. The van der Waals surface area contributed by atoms with E-state index in [-0.39, 0.29) is 5.92 Å². The summed E-state index contributed by atoms with van der Waals surface area (Å²) in [6.45, 7) is -0.586. The summed E-state index contributed by atoms with van der Waals surface area (Å²) in [5.74, 6) is -1.80. The third-order valence-electron chi connectivity index (χ3n) is 3.37. The van der Waals surface area contributed by atoms with E-state index in [1.165, 1.54) is 0 Å². The van der Waals surface area contributed by atoms with Gasteiger partial charge in [-0.1, -0.05) is 0 Å². The molecule has 8 heteroatoms. The Balaban J connectivity index is 1.98. The van der Waals surface area contributed by atoms with Crippen LogP contribution in [0.15, 0.2) is 0 Å².